The van der Waals surface area contributed by atoms with Crippen molar-refractivity contribution in [2.24, 2.45) is 5.92 Å². The van der Waals surface area contributed by atoms with E-state index in [4.69, 9.17) is 4.74 Å². The predicted molar refractivity (Wildman–Crippen MR) is 55.9 cm³/mol. The van der Waals surface area contributed by atoms with Crippen molar-refractivity contribution in [1.82, 2.24) is 5.32 Å². The van der Waals surface area contributed by atoms with Gasteiger partial charge >= 0.3 is 0 Å². The molecule has 0 spiro atoms. The Bertz CT molecular complexity index is 129. The number of nitrogens with one attached hydrogen (secondary N) is 1. The Balaban J connectivity index is 2.20. The van der Waals surface area contributed by atoms with Crippen LogP contribution in [0.3, 0.4) is 0 Å². The number of ether oxygens (including phenoxy) is 1. The summed E-state index contributed by atoms with van der Waals surface area (Å²) in [6.45, 7) is 9.80. The van der Waals surface area contributed by atoms with Gasteiger partial charge in [-0.05, 0) is 32.6 Å². The summed E-state index contributed by atoms with van der Waals surface area (Å²) < 4.78 is 5.76. The summed E-state index contributed by atoms with van der Waals surface area (Å²) in [5.74, 6) is 0.787. The molecule has 78 valence electrons. The summed E-state index contributed by atoms with van der Waals surface area (Å²) >= 11 is 0. The van der Waals surface area contributed by atoms with Gasteiger partial charge in [-0.2, -0.15) is 0 Å². The average Bonchev–Trinajstić information content (AvgIpc) is 2.33. The molecule has 2 atom stereocenters. The van der Waals surface area contributed by atoms with Crippen molar-refractivity contribution in [3.05, 3.63) is 0 Å². The van der Waals surface area contributed by atoms with Gasteiger partial charge in [0.25, 0.3) is 0 Å². The molecule has 0 saturated carbocycles. The van der Waals surface area contributed by atoms with Gasteiger partial charge in [0.05, 0.1) is 12.2 Å². The minimum absolute atomic E-state index is 0.365. The van der Waals surface area contributed by atoms with Gasteiger partial charge in [0, 0.05) is 12.6 Å². The van der Waals surface area contributed by atoms with Gasteiger partial charge in [0.15, 0.2) is 0 Å². The van der Waals surface area contributed by atoms with Crippen LogP contribution in [-0.2, 0) is 4.74 Å². The molecule has 0 aliphatic carbocycles. The van der Waals surface area contributed by atoms with Crippen LogP contribution in [0.2, 0.25) is 0 Å². The number of hydrogen-bond acceptors (Lipinski definition) is 2. The molecule has 1 aliphatic heterocycles. The van der Waals surface area contributed by atoms with E-state index < -0.39 is 0 Å². The molecule has 0 amide bonds. The number of hydrogen-bond donors (Lipinski definition) is 1. The first-order valence-corrected chi connectivity index (χ1v) is 5.46. The zero-order valence-corrected chi connectivity index (χ0v) is 9.34. The van der Waals surface area contributed by atoms with Crippen LogP contribution in [-0.4, -0.2) is 24.8 Å². The predicted octanol–water partition coefficient (Wildman–Crippen LogP) is 2.19. The molecule has 1 heterocycles. The van der Waals surface area contributed by atoms with E-state index >= 15 is 0 Å². The Kier molecular flexibility index (Phi) is 4.20. The minimum atomic E-state index is 0.365. The first-order chi connectivity index (χ1) is 6.08. The topological polar surface area (TPSA) is 21.3 Å². The maximum Gasteiger partial charge on any atom is 0.0717 e. The van der Waals surface area contributed by atoms with Gasteiger partial charge in [0.2, 0.25) is 0 Å². The summed E-state index contributed by atoms with van der Waals surface area (Å²) in [5, 5.41) is 3.52. The molecule has 13 heavy (non-hydrogen) atoms. The SMILES string of the molecule is CC(C)C[C@@H]1C[C@H](OC(C)C)CN1. The molecule has 0 bridgehead atoms. The molecule has 0 aromatic rings. The lowest BCUT2D eigenvalue weighted by Gasteiger charge is -2.15. The molecule has 1 saturated heterocycles. The van der Waals surface area contributed by atoms with Gasteiger partial charge in [-0.15, -0.1) is 0 Å². The normalized spacial score (nSPS) is 29.1. The van der Waals surface area contributed by atoms with Gasteiger partial charge in [0.1, 0.15) is 0 Å². The van der Waals surface area contributed by atoms with Crippen LogP contribution in [0.25, 0.3) is 0 Å². The molecule has 1 rings (SSSR count). The second-order valence-corrected chi connectivity index (χ2v) is 4.78. The molecule has 1 N–H and O–H groups in total. The summed E-state index contributed by atoms with van der Waals surface area (Å²) in [4.78, 5) is 0. The van der Waals surface area contributed by atoms with E-state index in [0.717, 1.165) is 12.5 Å². The highest BCUT2D eigenvalue weighted by Gasteiger charge is 2.25. The van der Waals surface area contributed by atoms with Crippen molar-refractivity contribution >= 4 is 0 Å². The van der Waals surface area contributed by atoms with E-state index in [-0.39, 0.29) is 0 Å². The van der Waals surface area contributed by atoms with E-state index in [9.17, 15) is 0 Å². The van der Waals surface area contributed by atoms with Crippen LogP contribution >= 0.6 is 0 Å². The highest BCUT2D eigenvalue weighted by Crippen LogP contribution is 2.17. The van der Waals surface area contributed by atoms with Crippen molar-refractivity contribution in [2.45, 2.75) is 58.8 Å². The summed E-state index contributed by atoms with van der Waals surface area (Å²) in [6, 6.07) is 0.684. The standard InChI is InChI=1S/C11H23NO/c1-8(2)5-10-6-11(7-12-10)13-9(3)4/h8-12H,5-7H2,1-4H3/t10-,11+/m1/s1. The minimum Gasteiger partial charge on any atom is -0.374 e. The molecule has 1 fully saturated rings. The van der Waals surface area contributed by atoms with E-state index in [1.807, 2.05) is 0 Å². The van der Waals surface area contributed by atoms with E-state index in [0.29, 0.717) is 18.2 Å². The zero-order chi connectivity index (χ0) is 9.84. The summed E-state index contributed by atoms with van der Waals surface area (Å²) in [6.07, 6.45) is 3.28. The molecule has 0 aromatic carbocycles. The third-order valence-electron chi connectivity index (χ3n) is 2.40. The average molecular weight is 185 g/mol. The second kappa shape index (κ2) is 4.97. The lowest BCUT2D eigenvalue weighted by Crippen LogP contribution is -2.23. The molecule has 0 unspecified atom stereocenters. The van der Waals surface area contributed by atoms with Crippen molar-refractivity contribution in [3.63, 3.8) is 0 Å². The molecule has 2 nitrogen and oxygen atoms in total. The maximum atomic E-state index is 5.76. The maximum absolute atomic E-state index is 5.76. The molecular weight excluding hydrogens is 162 g/mol. The Morgan fingerprint density at radius 3 is 2.54 bits per heavy atom. The summed E-state index contributed by atoms with van der Waals surface area (Å²) in [5.41, 5.74) is 0. The van der Waals surface area contributed by atoms with E-state index in [1.165, 1.54) is 12.8 Å². The van der Waals surface area contributed by atoms with E-state index in [1.54, 1.807) is 0 Å². The second-order valence-electron chi connectivity index (χ2n) is 4.78. The fourth-order valence-electron chi connectivity index (χ4n) is 2.02. The molecule has 0 aromatic heterocycles. The molecule has 1 aliphatic rings. The Hall–Kier alpha value is -0.0800. The summed E-state index contributed by atoms with van der Waals surface area (Å²) in [7, 11) is 0. The fourth-order valence-corrected chi connectivity index (χ4v) is 2.02. The van der Waals surface area contributed by atoms with Crippen LogP contribution < -0.4 is 5.32 Å². The Morgan fingerprint density at radius 1 is 1.31 bits per heavy atom. The van der Waals surface area contributed by atoms with Gasteiger partial charge < -0.3 is 10.1 Å². The lowest BCUT2D eigenvalue weighted by molar-refractivity contribution is 0.0184. The van der Waals surface area contributed by atoms with Crippen molar-refractivity contribution in [1.29, 1.82) is 0 Å². The van der Waals surface area contributed by atoms with Crippen LogP contribution in [0.15, 0.2) is 0 Å². The van der Waals surface area contributed by atoms with Crippen molar-refractivity contribution in [3.8, 4) is 0 Å². The molecule has 0 radical (unpaired) electrons. The zero-order valence-electron chi connectivity index (χ0n) is 9.34. The highest BCUT2D eigenvalue weighted by atomic mass is 16.5. The monoisotopic (exact) mass is 185 g/mol. The third kappa shape index (κ3) is 4.10. The first kappa shape index (κ1) is 11.0. The van der Waals surface area contributed by atoms with Crippen molar-refractivity contribution < 1.29 is 4.74 Å². The van der Waals surface area contributed by atoms with E-state index in [2.05, 4.69) is 33.0 Å². The number of rotatable bonds is 4. The van der Waals surface area contributed by atoms with Crippen LogP contribution in [0.4, 0.5) is 0 Å². The molecular formula is C11H23NO. The highest BCUT2D eigenvalue weighted by molar-refractivity contribution is 4.83. The Morgan fingerprint density at radius 2 is 2.00 bits per heavy atom. The van der Waals surface area contributed by atoms with Crippen LogP contribution in [0.1, 0.15) is 40.5 Å². The van der Waals surface area contributed by atoms with Gasteiger partial charge in [-0.1, -0.05) is 13.8 Å². The first-order valence-electron chi connectivity index (χ1n) is 5.46. The largest absolute Gasteiger partial charge is 0.374 e. The fraction of sp³-hybridized carbons (Fsp3) is 1.00. The van der Waals surface area contributed by atoms with Crippen molar-refractivity contribution in [2.75, 3.05) is 6.54 Å². The van der Waals surface area contributed by atoms with Crippen LogP contribution in [0, 0.1) is 5.92 Å². The van der Waals surface area contributed by atoms with Crippen LogP contribution in [0.5, 0.6) is 0 Å². The van der Waals surface area contributed by atoms with Gasteiger partial charge in [-0.25, -0.2) is 0 Å². The lowest BCUT2D eigenvalue weighted by atomic mass is 10.0. The third-order valence-corrected chi connectivity index (χ3v) is 2.40. The van der Waals surface area contributed by atoms with Gasteiger partial charge in [-0.3, -0.25) is 0 Å². The molecule has 2 heteroatoms. The Labute approximate surface area is 82.0 Å². The quantitative estimate of drug-likeness (QED) is 0.725. The smallest absolute Gasteiger partial charge is 0.0717 e.